The molecular formula is C21H35N3O4. The molecule has 158 valence electrons. The molecule has 3 heterocycles. The normalized spacial score (nSPS) is 37.0. The third kappa shape index (κ3) is 3.30. The molecule has 7 heteroatoms. The largest absolute Gasteiger partial charge is 0.480 e. The van der Waals surface area contributed by atoms with E-state index in [-0.39, 0.29) is 17.4 Å². The molecule has 1 unspecified atom stereocenters. The van der Waals surface area contributed by atoms with Crippen molar-refractivity contribution in [1.29, 1.82) is 0 Å². The number of carboxylic acids is 1. The number of rotatable bonds is 4. The van der Waals surface area contributed by atoms with Crippen molar-refractivity contribution in [2.75, 3.05) is 39.3 Å². The highest BCUT2D eigenvalue weighted by molar-refractivity contribution is 5.80. The lowest BCUT2D eigenvalue weighted by atomic mass is 9.53. The summed E-state index contributed by atoms with van der Waals surface area (Å²) in [5.41, 5.74) is -0.597. The molecule has 4 aliphatic rings. The van der Waals surface area contributed by atoms with Crippen LogP contribution in [0.5, 0.6) is 0 Å². The molecule has 0 aromatic carbocycles. The predicted molar refractivity (Wildman–Crippen MR) is 105 cm³/mol. The molecule has 1 saturated carbocycles. The van der Waals surface area contributed by atoms with E-state index in [1.807, 2.05) is 11.8 Å². The summed E-state index contributed by atoms with van der Waals surface area (Å²) in [6, 6.07) is 0.383. The number of nitrogens with one attached hydrogen (secondary N) is 1. The summed E-state index contributed by atoms with van der Waals surface area (Å²) in [6.07, 6.45) is 7.59. The standard InChI is InChI=1S/C21H35N3O4/c1-2-28-19(27)23-12-8-20(15-23)13-16(14-20)21(18(25)26)7-3-4-11-24(21)17-5-9-22-10-6-17/h16-17,22H,2-15H2,1H3,(H,25,26). The number of carbonyl (C=O) groups excluding carboxylic acids is 1. The van der Waals surface area contributed by atoms with Crippen molar-refractivity contribution >= 4 is 12.1 Å². The zero-order valence-corrected chi connectivity index (χ0v) is 17.1. The highest BCUT2D eigenvalue weighted by atomic mass is 16.6. The number of nitrogens with zero attached hydrogens (tertiary/aromatic N) is 2. The molecule has 28 heavy (non-hydrogen) atoms. The minimum Gasteiger partial charge on any atom is -0.480 e. The van der Waals surface area contributed by atoms with E-state index >= 15 is 0 Å². The van der Waals surface area contributed by atoms with E-state index in [9.17, 15) is 14.7 Å². The van der Waals surface area contributed by atoms with Crippen molar-refractivity contribution in [3.63, 3.8) is 0 Å². The summed E-state index contributed by atoms with van der Waals surface area (Å²) in [7, 11) is 0. The fourth-order valence-electron chi connectivity index (χ4n) is 6.45. The van der Waals surface area contributed by atoms with Crippen molar-refractivity contribution in [1.82, 2.24) is 15.1 Å². The van der Waals surface area contributed by atoms with Gasteiger partial charge in [-0.1, -0.05) is 0 Å². The maximum Gasteiger partial charge on any atom is 0.409 e. The molecule has 1 atom stereocenters. The Morgan fingerprint density at radius 2 is 1.89 bits per heavy atom. The molecule has 7 nitrogen and oxygen atoms in total. The summed E-state index contributed by atoms with van der Waals surface area (Å²) >= 11 is 0. The number of piperidine rings is 2. The van der Waals surface area contributed by atoms with Gasteiger partial charge in [-0.15, -0.1) is 0 Å². The summed E-state index contributed by atoms with van der Waals surface area (Å²) in [4.78, 5) is 29.0. The molecule has 0 aromatic heterocycles. The second kappa shape index (κ2) is 7.82. The van der Waals surface area contributed by atoms with Crippen molar-refractivity contribution in [2.45, 2.75) is 69.9 Å². The Hall–Kier alpha value is -1.34. The first-order chi connectivity index (χ1) is 13.5. The highest BCUT2D eigenvalue weighted by Gasteiger charge is 2.62. The van der Waals surface area contributed by atoms with Crippen molar-refractivity contribution in [3.8, 4) is 0 Å². The summed E-state index contributed by atoms with van der Waals surface area (Å²) in [5, 5.41) is 13.8. The maximum absolute atomic E-state index is 12.7. The second-order valence-corrected chi connectivity index (χ2v) is 9.34. The van der Waals surface area contributed by atoms with E-state index < -0.39 is 11.5 Å². The van der Waals surface area contributed by atoms with Crippen LogP contribution in [0.3, 0.4) is 0 Å². The SMILES string of the molecule is CCOC(=O)N1CCC2(CC(C3(C(=O)O)CCCCN3C3CCNCC3)C2)C1. The molecule has 1 amide bonds. The summed E-state index contributed by atoms with van der Waals surface area (Å²) < 4.78 is 5.16. The number of amides is 1. The number of hydrogen-bond donors (Lipinski definition) is 2. The quantitative estimate of drug-likeness (QED) is 0.763. The first kappa shape index (κ1) is 20.0. The fourth-order valence-corrected chi connectivity index (χ4v) is 6.45. The van der Waals surface area contributed by atoms with Crippen molar-refractivity contribution in [3.05, 3.63) is 0 Å². The fraction of sp³-hybridized carbons (Fsp3) is 0.905. The average Bonchev–Trinajstić information content (AvgIpc) is 3.13. The number of carbonyl (C=O) groups is 2. The Labute approximate surface area is 167 Å². The zero-order chi connectivity index (χ0) is 19.8. The van der Waals surface area contributed by atoms with Gasteiger partial charge in [0, 0.05) is 19.1 Å². The molecule has 1 aliphatic carbocycles. The lowest BCUT2D eigenvalue weighted by molar-refractivity contribution is -0.174. The molecule has 0 aromatic rings. The van der Waals surface area contributed by atoms with Crippen molar-refractivity contribution in [2.24, 2.45) is 11.3 Å². The predicted octanol–water partition coefficient (Wildman–Crippen LogP) is 2.31. The van der Waals surface area contributed by atoms with Crippen LogP contribution >= 0.6 is 0 Å². The van der Waals surface area contributed by atoms with Crippen LogP contribution in [0.25, 0.3) is 0 Å². The number of ether oxygens (including phenoxy) is 1. The lowest BCUT2D eigenvalue weighted by Crippen LogP contribution is -2.68. The van der Waals surface area contributed by atoms with Gasteiger partial charge in [0.25, 0.3) is 0 Å². The smallest absolute Gasteiger partial charge is 0.409 e. The van der Waals surface area contributed by atoms with Gasteiger partial charge in [-0.05, 0) is 89.3 Å². The van der Waals surface area contributed by atoms with E-state index in [2.05, 4.69) is 10.2 Å². The maximum atomic E-state index is 12.7. The molecule has 2 N–H and O–H groups in total. The summed E-state index contributed by atoms with van der Waals surface area (Å²) in [6.45, 7) is 6.58. The van der Waals surface area contributed by atoms with Gasteiger partial charge in [-0.25, -0.2) is 4.79 Å². The molecule has 0 bridgehead atoms. The average molecular weight is 394 g/mol. The molecule has 3 aliphatic heterocycles. The van der Waals surface area contributed by atoms with Crippen LogP contribution in [-0.2, 0) is 9.53 Å². The van der Waals surface area contributed by atoms with E-state index in [1.54, 1.807) is 0 Å². The van der Waals surface area contributed by atoms with E-state index in [0.717, 1.165) is 84.1 Å². The van der Waals surface area contributed by atoms with E-state index in [1.165, 1.54) is 0 Å². The van der Waals surface area contributed by atoms with Gasteiger partial charge in [0.05, 0.1) is 6.61 Å². The molecule has 1 spiro atoms. The zero-order valence-electron chi connectivity index (χ0n) is 17.1. The van der Waals surface area contributed by atoms with Gasteiger partial charge in [-0.3, -0.25) is 9.69 Å². The van der Waals surface area contributed by atoms with Crippen LogP contribution in [0.2, 0.25) is 0 Å². The number of carboxylic acid groups (broad SMARTS) is 1. The van der Waals surface area contributed by atoms with Gasteiger partial charge in [-0.2, -0.15) is 0 Å². The molecule has 4 fully saturated rings. The Kier molecular flexibility index (Phi) is 5.58. The molecule has 0 radical (unpaired) electrons. The number of likely N-dealkylation sites (tertiary alicyclic amines) is 2. The topological polar surface area (TPSA) is 82.1 Å². The van der Waals surface area contributed by atoms with Crippen LogP contribution in [0.15, 0.2) is 0 Å². The van der Waals surface area contributed by atoms with Crippen molar-refractivity contribution < 1.29 is 19.4 Å². The number of aliphatic carboxylic acids is 1. The van der Waals surface area contributed by atoms with Crippen LogP contribution in [0.4, 0.5) is 4.79 Å². The Bertz CT molecular complexity index is 600. The Balaban J connectivity index is 1.48. The van der Waals surface area contributed by atoms with Crippen LogP contribution in [-0.4, -0.2) is 77.9 Å². The minimum absolute atomic E-state index is 0.108. The first-order valence-corrected chi connectivity index (χ1v) is 11.1. The monoisotopic (exact) mass is 393 g/mol. The number of hydrogen-bond acceptors (Lipinski definition) is 5. The van der Waals surface area contributed by atoms with Gasteiger partial charge >= 0.3 is 12.1 Å². The van der Waals surface area contributed by atoms with Crippen LogP contribution < -0.4 is 5.32 Å². The Morgan fingerprint density at radius 1 is 1.14 bits per heavy atom. The summed E-state index contributed by atoms with van der Waals surface area (Å²) in [5.74, 6) is -0.423. The minimum atomic E-state index is -0.706. The van der Waals surface area contributed by atoms with Gasteiger partial charge in [0.15, 0.2) is 0 Å². The molecular weight excluding hydrogens is 358 g/mol. The lowest BCUT2D eigenvalue weighted by Gasteiger charge is -2.59. The molecule has 4 rings (SSSR count). The first-order valence-electron chi connectivity index (χ1n) is 11.1. The van der Waals surface area contributed by atoms with Gasteiger partial charge in [0.2, 0.25) is 0 Å². The Morgan fingerprint density at radius 3 is 2.57 bits per heavy atom. The van der Waals surface area contributed by atoms with Gasteiger partial charge < -0.3 is 20.1 Å². The van der Waals surface area contributed by atoms with Crippen LogP contribution in [0.1, 0.15) is 58.3 Å². The second-order valence-electron chi connectivity index (χ2n) is 9.34. The highest BCUT2D eigenvalue weighted by Crippen LogP contribution is 2.58. The van der Waals surface area contributed by atoms with E-state index in [0.29, 0.717) is 12.6 Å². The molecule has 3 saturated heterocycles. The van der Waals surface area contributed by atoms with Crippen LogP contribution in [0, 0.1) is 11.3 Å². The van der Waals surface area contributed by atoms with Gasteiger partial charge in [0.1, 0.15) is 5.54 Å². The third-order valence-electron chi connectivity index (χ3n) is 7.84. The van der Waals surface area contributed by atoms with E-state index in [4.69, 9.17) is 4.74 Å². The third-order valence-corrected chi connectivity index (χ3v) is 7.84.